The maximum Gasteiger partial charge on any atom is 0.317 e. The van der Waals surface area contributed by atoms with Crippen LogP contribution in [0.5, 0.6) is 0 Å². The normalized spacial score (nSPS) is 15.2. The topological polar surface area (TPSA) is 35.6 Å². The van der Waals surface area contributed by atoms with Crippen LogP contribution < -0.4 is 5.32 Å². The van der Waals surface area contributed by atoms with Gasteiger partial charge in [0.25, 0.3) is 0 Å². The Morgan fingerprint density at radius 2 is 1.60 bits per heavy atom. The number of hydrogen-bond acceptors (Lipinski definition) is 2. The predicted octanol–water partition coefficient (Wildman–Crippen LogP) is 3.41. The second-order valence-corrected chi connectivity index (χ2v) is 6.79. The van der Waals surface area contributed by atoms with E-state index in [-0.39, 0.29) is 6.03 Å². The quantitative estimate of drug-likeness (QED) is 0.890. The SMILES string of the molecule is O=C(NCc1ccc(Cl)cc1)N1CCN(CCc2ccccc2)CC1. The van der Waals surface area contributed by atoms with Crippen LogP contribution in [0.2, 0.25) is 5.02 Å². The number of hydrogen-bond donors (Lipinski definition) is 1. The molecule has 0 aromatic heterocycles. The molecule has 0 aliphatic carbocycles. The minimum Gasteiger partial charge on any atom is -0.334 e. The molecule has 2 aromatic carbocycles. The van der Waals surface area contributed by atoms with Gasteiger partial charge in [0.1, 0.15) is 0 Å². The minimum absolute atomic E-state index is 0.0117. The zero-order valence-corrected chi connectivity index (χ0v) is 15.1. The van der Waals surface area contributed by atoms with Crippen molar-refractivity contribution in [2.24, 2.45) is 0 Å². The molecule has 0 radical (unpaired) electrons. The first kappa shape index (κ1) is 17.8. The fourth-order valence-electron chi connectivity index (χ4n) is 3.00. The summed E-state index contributed by atoms with van der Waals surface area (Å²) in [4.78, 5) is 16.6. The number of piperazine rings is 1. The Kier molecular flexibility index (Phi) is 6.31. The molecule has 132 valence electrons. The lowest BCUT2D eigenvalue weighted by molar-refractivity contribution is 0.140. The zero-order chi connectivity index (χ0) is 17.5. The second kappa shape index (κ2) is 8.88. The standard InChI is InChI=1S/C20H24ClN3O/c21-19-8-6-18(7-9-19)16-22-20(25)24-14-12-23(13-15-24)11-10-17-4-2-1-3-5-17/h1-9H,10-16H2,(H,22,25). The van der Waals surface area contributed by atoms with Crippen molar-refractivity contribution >= 4 is 17.6 Å². The van der Waals surface area contributed by atoms with Crippen molar-refractivity contribution in [2.45, 2.75) is 13.0 Å². The van der Waals surface area contributed by atoms with Crippen molar-refractivity contribution < 1.29 is 4.79 Å². The summed E-state index contributed by atoms with van der Waals surface area (Å²) in [6, 6.07) is 18.1. The summed E-state index contributed by atoms with van der Waals surface area (Å²) in [5.74, 6) is 0. The highest BCUT2D eigenvalue weighted by atomic mass is 35.5. The van der Waals surface area contributed by atoms with E-state index in [0.717, 1.165) is 44.7 Å². The van der Waals surface area contributed by atoms with Crippen LogP contribution >= 0.6 is 11.6 Å². The van der Waals surface area contributed by atoms with Gasteiger partial charge >= 0.3 is 6.03 Å². The van der Waals surface area contributed by atoms with E-state index in [1.165, 1.54) is 5.56 Å². The van der Waals surface area contributed by atoms with Gasteiger partial charge in [-0.3, -0.25) is 4.90 Å². The third kappa shape index (κ3) is 5.48. The van der Waals surface area contributed by atoms with Gasteiger partial charge in [0.05, 0.1) is 0 Å². The van der Waals surface area contributed by atoms with Gasteiger partial charge in [-0.25, -0.2) is 4.79 Å². The van der Waals surface area contributed by atoms with E-state index in [4.69, 9.17) is 11.6 Å². The molecule has 1 saturated heterocycles. The number of halogens is 1. The molecule has 3 rings (SSSR count). The van der Waals surface area contributed by atoms with Gasteiger partial charge in [0.15, 0.2) is 0 Å². The summed E-state index contributed by atoms with van der Waals surface area (Å²) in [5.41, 5.74) is 2.42. The summed E-state index contributed by atoms with van der Waals surface area (Å²) in [6.45, 7) is 5.00. The first-order valence-electron chi connectivity index (χ1n) is 8.74. The Bertz CT molecular complexity index is 667. The zero-order valence-electron chi connectivity index (χ0n) is 14.3. The molecule has 1 fully saturated rings. The van der Waals surface area contributed by atoms with Gasteiger partial charge in [0, 0.05) is 44.3 Å². The van der Waals surface area contributed by atoms with E-state index < -0.39 is 0 Å². The summed E-state index contributed by atoms with van der Waals surface area (Å²) < 4.78 is 0. The molecular weight excluding hydrogens is 334 g/mol. The average molecular weight is 358 g/mol. The fraction of sp³-hybridized carbons (Fsp3) is 0.350. The summed E-state index contributed by atoms with van der Waals surface area (Å²) in [5, 5.41) is 3.70. The number of nitrogens with zero attached hydrogens (tertiary/aromatic N) is 2. The molecule has 2 aromatic rings. The van der Waals surface area contributed by atoms with Crippen LogP contribution in [0, 0.1) is 0 Å². The highest BCUT2D eigenvalue weighted by Gasteiger charge is 2.20. The van der Waals surface area contributed by atoms with Gasteiger partial charge in [-0.05, 0) is 29.7 Å². The predicted molar refractivity (Wildman–Crippen MR) is 102 cm³/mol. The minimum atomic E-state index is 0.0117. The van der Waals surface area contributed by atoms with Gasteiger partial charge in [0.2, 0.25) is 0 Å². The lowest BCUT2D eigenvalue weighted by atomic mass is 10.1. The van der Waals surface area contributed by atoms with Gasteiger partial charge in [-0.1, -0.05) is 54.1 Å². The average Bonchev–Trinajstić information content (AvgIpc) is 2.67. The maximum atomic E-state index is 12.3. The Morgan fingerprint density at radius 3 is 2.28 bits per heavy atom. The number of rotatable bonds is 5. The lowest BCUT2D eigenvalue weighted by Crippen LogP contribution is -2.51. The van der Waals surface area contributed by atoms with E-state index in [9.17, 15) is 4.79 Å². The maximum absolute atomic E-state index is 12.3. The Balaban J connectivity index is 1.38. The molecule has 5 heteroatoms. The molecular formula is C20H24ClN3O. The van der Waals surface area contributed by atoms with Crippen molar-refractivity contribution in [1.82, 2.24) is 15.1 Å². The van der Waals surface area contributed by atoms with E-state index in [2.05, 4.69) is 34.5 Å². The highest BCUT2D eigenvalue weighted by Crippen LogP contribution is 2.10. The fourth-order valence-corrected chi connectivity index (χ4v) is 3.12. The van der Waals surface area contributed by atoms with E-state index >= 15 is 0 Å². The molecule has 0 spiro atoms. The number of amides is 2. The molecule has 1 aliphatic rings. The molecule has 0 bridgehead atoms. The lowest BCUT2D eigenvalue weighted by Gasteiger charge is -2.34. The molecule has 0 saturated carbocycles. The molecule has 25 heavy (non-hydrogen) atoms. The molecule has 0 atom stereocenters. The molecule has 4 nitrogen and oxygen atoms in total. The Labute approximate surface area is 154 Å². The number of nitrogens with one attached hydrogen (secondary N) is 1. The number of carbonyl (C=O) groups excluding carboxylic acids is 1. The molecule has 1 N–H and O–H groups in total. The van der Waals surface area contributed by atoms with Crippen LogP contribution in [0.15, 0.2) is 54.6 Å². The van der Waals surface area contributed by atoms with Crippen molar-refractivity contribution in [1.29, 1.82) is 0 Å². The van der Waals surface area contributed by atoms with E-state index in [1.807, 2.05) is 35.2 Å². The smallest absolute Gasteiger partial charge is 0.317 e. The van der Waals surface area contributed by atoms with Crippen LogP contribution in [-0.2, 0) is 13.0 Å². The first-order valence-corrected chi connectivity index (χ1v) is 9.12. The summed E-state index contributed by atoms with van der Waals surface area (Å²) in [7, 11) is 0. The van der Waals surface area contributed by atoms with Gasteiger partial charge < -0.3 is 10.2 Å². The second-order valence-electron chi connectivity index (χ2n) is 6.35. The summed E-state index contributed by atoms with van der Waals surface area (Å²) >= 11 is 5.87. The number of benzene rings is 2. The van der Waals surface area contributed by atoms with Crippen molar-refractivity contribution in [3.63, 3.8) is 0 Å². The third-order valence-electron chi connectivity index (χ3n) is 4.58. The van der Waals surface area contributed by atoms with Crippen molar-refractivity contribution in [2.75, 3.05) is 32.7 Å². The molecule has 0 unspecified atom stereocenters. The largest absolute Gasteiger partial charge is 0.334 e. The molecule has 2 amide bonds. The highest BCUT2D eigenvalue weighted by molar-refractivity contribution is 6.30. The molecule has 1 aliphatic heterocycles. The van der Waals surface area contributed by atoms with Crippen LogP contribution in [-0.4, -0.2) is 48.6 Å². The Morgan fingerprint density at radius 1 is 0.920 bits per heavy atom. The van der Waals surface area contributed by atoms with Crippen LogP contribution in [0.25, 0.3) is 0 Å². The van der Waals surface area contributed by atoms with Crippen LogP contribution in [0.3, 0.4) is 0 Å². The van der Waals surface area contributed by atoms with Crippen LogP contribution in [0.1, 0.15) is 11.1 Å². The number of carbonyl (C=O) groups is 1. The van der Waals surface area contributed by atoms with Gasteiger partial charge in [-0.15, -0.1) is 0 Å². The number of urea groups is 1. The Hall–Kier alpha value is -2.04. The van der Waals surface area contributed by atoms with E-state index in [0.29, 0.717) is 11.6 Å². The monoisotopic (exact) mass is 357 g/mol. The first-order chi connectivity index (χ1) is 12.2. The van der Waals surface area contributed by atoms with E-state index in [1.54, 1.807) is 0 Å². The third-order valence-corrected chi connectivity index (χ3v) is 4.83. The summed E-state index contributed by atoms with van der Waals surface area (Å²) in [6.07, 6.45) is 1.06. The molecule has 1 heterocycles. The van der Waals surface area contributed by atoms with Gasteiger partial charge in [-0.2, -0.15) is 0 Å². The van der Waals surface area contributed by atoms with Crippen LogP contribution in [0.4, 0.5) is 4.79 Å². The van der Waals surface area contributed by atoms with Crippen molar-refractivity contribution in [3.05, 3.63) is 70.7 Å². The van der Waals surface area contributed by atoms with Crippen molar-refractivity contribution in [3.8, 4) is 0 Å².